The number of piperazine rings is 1. The molecule has 1 amide bonds. The quantitative estimate of drug-likeness (QED) is 0.166. The summed E-state index contributed by atoms with van der Waals surface area (Å²) in [7, 11) is 0. The monoisotopic (exact) mass is 721 g/mol. The average Bonchev–Trinajstić information content (AvgIpc) is 3.12. The first-order valence-corrected chi connectivity index (χ1v) is 17.8. The Morgan fingerprint density at radius 1 is 0.796 bits per heavy atom. The molecule has 258 valence electrons. The minimum absolute atomic E-state index is 0.000715. The van der Waals surface area contributed by atoms with Gasteiger partial charge in [-0.2, -0.15) is 0 Å². The summed E-state index contributed by atoms with van der Waals surface area (Å²) in [6.45, 7) is 8.20. The molecule has 2 fully saturated rings. The van der Waals surface area contributed by atoms with E-state index in [2.05, 4.69) is 64.5 Å². The van der Waals surface area contributed by atoms with Crippen LogP contribution in [-0.4, -0.2) is 63.4 Å². The van der Waals surface area contributed by atoms with Crippen molar-refractivity contribution in [3.8, 4) is 11.1 Å². The van der Waals surface area contributed by atoms with E-state index in [1.54, 1.807) is 0 Å². The van der Waals surface area contributed by atoms with E-state index in [9.17, 15) is 9.90 Å². The van der Waals surface area contributed by atoms with Crippen LogP contribution in [0, 0.1) is 5.92 Å². The van der Waals surface area contributed by atoms with Gasteiger partial charge in [0.25, 0.3) is 9.70 Å². The van der Waals surface area contributed by atoms with Crippen LogP contribution in [0.5, 0.6) is 0 Å². The highest BCUT2D eigenvalue weighted by atomic mass is 35.6. The molecule has 2 aliphatic rings. The molecular formula is C39H42Cl3N3O4. The topological polar surface area (TPSA) is 74.3 Å². The fraction of sp³-hybridized carbons (Fsp3) is 0.359. The third-order valence-electron chi connectivity index (χ3n) is 9.48. The largest absolute Gasteiger partial charge is 0.392 e. The van der Waals surface area contributed by atoms with Crippen LogP contribution in [0.1, 0.15) is 47.1 Å². The molecule has 0 aliphatic carbocycles. The van der Waals surface area contributed by atoms with Crippen molar-refractivity contribution in [2.45, 2.75) is 48.9 Å². The van der Waals surface area contributed by atoms with Crippen molar-refractivity contribution < 1.29 is 19.4 Å². The van der Waals surface area contributed by atoms with Gasteiger partial charge in [-0.3, -0.25) is 14.6 Å². The van der Waals surface area contributed by atoms with Crippen LogP contribution in [0.15, 0.2) is 103 Å². The van der Waals surface area contributed by atoms with Crippen LogP contribution in [0.25, 0.3) is 11.1 Å². The van der Waals surface area contributed by atoms with Crippen LogP contribution < -0.4 is 5.32 Å². The number of ether oxygens (including phenoxy) is 2. The first-order chi connectivity index (χ1) is 23.7. The van der Waals surface area contributed by atoms with Crippen molar-refractivity contribution in [1.82, 2.24) is 15.1 Å². The molecule has 2 heterocycles. The van der Waals surface area contributed by atoms with Crippen LogP contribution in [0.2, 0.25) is 0 Å². The van der Waals surface area contributed by atoms with Crippen molar-refractivity contribution in [2.75, 3.05) is 32.7 Å². The van der Waals surface area contributed by atoms with Gasteiger partial charge in [-0.1, -0.05) is 145 Å². The highest BCUT2D eigenvalue weighted by molar-refractivity contribution is 6.76. The van der Waals surface area contributed by atoms with E-state index >= 15 is 0 Å². The molecule has 49 heavy (non-hydrogen) atoms. The summed E-state index contributed by atoms with van der Waals surface area (Å²) in [5, 5.41) is 12.3. The number of hydrogen-bond donors (Lipinski definition) is 2. The second-order valence-electron chi connectivity index (χ2n) is 12.8. The van der Waals surface area contributed by atoms with Gasteiger partial charge in [0.05, 0.1) is 18.8 Å². The van der Waals surface area contributed by atoms with Gasteiger partial charge in [0, 0.05) is 57.3 Å². The van der Waals surface area contributed by atoms with E-state index in [0.717, 1.165) is 72.6 Å². The van der Waals surface area contributed by atoms with Crippen LogP contribution in [-0.2, 0) is 34.0 Å². The maximum atomic E-state index is 12.2. The molecule has 4 atom stereocenters. The van der Waals surface area contributed by atoms with Gasteiger partial charge in [0.15, 0.2) is 6.29 Å². The Bertz CT molecular complexity index is 1660. The number of carbonyl (C=O) groups excluding carboxylic acids is 1. The first kappa shape index (κ1) is 35.8. The Hall–Kier alpha value is -2.98. The zero-order valence-electron chi connectivity index (χ0n) is 27.5. The third kappa shape index (κ3) is 9.23. The number of rotatable bonds is 10. The number of aliphatic hydroxyl groups is 1. The molecule has 0 aromatic heterocycles. The van der Waals surface area contributed by atoms with E-state index in [4.69, 9.17) is 44.3 Å². The molecule has 0 saturated carbocycles. The Balaban J connectivity index is 1.17. The third-order valence-corrected chi connectivity index (χ3v) is 10.00. The maximum absolute atomic E-state index is 12.2. The lowest BCUT2D eigenvalue weighted by atomic mass is 9.89. The van der Waals surface area contributed by atoms with Gasteiger partial charge in [-0.05, 0) is 33.4 Å². The van der Waals surface area contributed by atoms with Gasteiger partial charge in [-0.25, -0.2) is 0 Å². The maximum Gasteiger partial charge on any atom is 0.272 e. The van der Waals surface area contributed by atoms with Gasteiger partial charge in [0.1, 0.15) is 0 Å². The number of halogens is 3. The summed E-state index contributed by atoms with van der Waals surface area (Å²) in [5.74, 6) is -0.569. The smallest absolute Gasteiger partial charge is 0.272 e. The van der Waals surface area contributed by atoms with Crippen LogP contribution >= 0.6 is 34.8 Å². The Labute approximate surface area is 303 Å². The fourth-order valence-corrected chi connectivity index (χ4v) is 6.81. The van der Waals surface area contributed by atoms with Crippen molar-refractivity contribution in [1.29, 1.82) is 0 Å². The number of aliphatic hydroxyl groups excluding tert-OH is 1. The Kier molecular flexibility index (Phi) is 12.0. The lowest BCUT2D eigenvalue weighted by Crippen LogP contribution is -2.51. The molecule has 4 aromatic carbocycles. The predicted octanol–water partition coefficient (Wildman–Crippen LogP) is 7.44. The highest BCUT2D eigenvalue weighted by Gasteiger charge is 2.39. The average molecular weight is 723 g/mol. The molecule has 4 aromatic rings. The van der Waals surface area contributed by atoms with E-state index < -0.39 is 16.0 Å². The molecule has 0 spiro atoms. The van der Waals surface area contributed by atoms with Gasteiger partial charge in [0.2, 0.25) is 0 Å². The fourth-order valence-electron chi connectivity index (χ4n) is 6.61. The number of nitrogens with zero attached hydrogens (tertiary/aromatic N) is 2. The van der Waals surface area contributed by atoms with Crippen molar-refractivity contribution in [3.63, 3.8) is 0 Å². The Morgan fingerprint density at radius 3 is 2.10 bits per heavy atom. The minimum atomic E-state index is -2.03. The molecule has 0 bridgehead atoms. The molecule has 2 N–H and O–H groups in total. The summed E-state index contributed by atoms with van der Waals surface area (Å²) in [5.41, 5.74) is 7.04. The predicted molar refractivity (Wildman–Crippen MR) is 195 cm³/mol. The number of nitrogens with one attached hydrogen (secondary N) is 1. The number of amides is 1. The summed E-state index contributed by atoms with van der Waals surface area (Å²) in [6, 6.07) is 34.6. The van der Waals surface area contributed by atoms with Crippen molar-refractivity contribution in [2.24, 2.45) is 5.92 Å². The lowest BCUT2D eigenvalue weighted by Gasteiger charge is -2.44. The second-order valence-corrected chi connectivity index (χ2v) is 15.1. The molecular weight excluding hydrogens is 681 g/mol. The molecule has 0 unspecified atom stereocenters. The van der Waals surface area contributed by atoms with Gasteiger partial charge in [-0.15, -0.1) is 0 Å². The number of alkyl halides is 3. The second kappa shape index (κ2) is 16.4. The normalized spacial score (nSPS) is 22.1. The zero-order chi connectivity index (χ0) is 34.4. The summed E-state index contributed by atoms with van der Waals surface area (Å²) in [6.07, 6.45) is -0.794. The van der Waals surface area contributed by atoms with Crippen molar-refractivity contribution >= 4 is 40.7 Å². The minimum Gasteiger partial charge on any atom is -0.392 e. The van der Waals surface area contributed by atoms with E-state index in [1.807, 2.05) is 60.7 Å². The number of benzene rings is 4. The van der Waals surface area contributed by atoms with Crippen molar-refractivity contribution in [3.05, 3.63) is 131 Å². The van der Waals surface area contributed by atoms with Gasteiger partial charge >= 0.3 is 0 Å². The Morgan fingerprint density at radius 2 is 1.43 bits per heavy atom. The van der Waals surface area contributed by atoms with Crippen LogP contribution in [0.4, 0.5) is 0 Å². The molecule has 6 rings (SSSR count). The molecule has 10 heteroatoms. The van der Waals surface area contributed by atoms with E-state index in [1.165, 1.54) is 5.56 Å². The molecule has 2 saturated heterocycles. The SMILES string of the molecule is C[C@H]1[C@@H](CN2CCN(Cc3ccccc3)CC2)O[C@@H](c2ccc(-c3ccccc3CNC(=O)C(Cl)(Cl)Cl)cc2)O[C@H]1c1ccc(CO)cc1. The highest BCUT2D eigenvalue weighted by Crippen LogP contribution is 2.42. The molecule has 2 aliphatic heterocycles. The molecule has 7 nitrogen and oxygen atoms in total. The summed E-state index contributed by atoms with van der Waals surface area (Å²) in [4.78, 5) is 17.2. The first-order valence-electron chi connectivity index (χ1n) is 16.7. The van der Waals surface area contributed by atoms with Gasteiger partial charge < -0.3 is 19.9 Å². The number of hydrogen-bond acceptors (Lipinski definition) is 6. The zero-order valence-corrected chi connectivity index (χ0v) is 29.7. The standard InChI is InChI=1S/C39H42Cl3N3O4/c1-27-35(25-45-21-19-44(20-22-45)24-28-7-3-2-4-8-28)48-37(49-36(27)31-13-11-29(26-46)12-14-31)32-17-15-30(16-18-32)34-10-6-5-9-33(34)23-43-38(47)39(40,41)42/h2-18,27,35-37,46H,19-26H2,1H3,(H,43,47)/t27-,35+,36+,37+/m0/s1. The van der Waals surface area contributed by atoms with E-state index in [-0.39, 0.29) is 31.3 Å². The van der Waals surface area contributed by atoms with E-state index in [0.29, 0.717) is 0 Å². The number of carbonyl (C=O) groups is 1. The summed E-state index contributed by atoms with van der Waals surface area (Å²) < 4.78 is 11.5. The lowest BCUT2D eigenvalue weighted by molar-refractivity contribution is -0.276. The summed E-state index contributed by atoms with van der Waals surface area (Å²) >= 11 is 17.2. The molecule has 0 radical (unpaired) electrons. The van der Waals surface area contributed by atoms with Crippen LogP contribution in [0.3, 0.4) is 0 Å².